The van der Waals surface area contributed by atoms with Crippen LogP contribution in [-0.2, 0) is 5.41 Å². The minimum atomic E-state index is -0.281. The van der Waals surface area contributed by atoms with Gasteiger partial charge in [-0.3, -0.25) is 0 Å². The van der Waals surface area contributed by atoms with Crippen molar-refractivity contribution in [3.05, 3.63) is 234 Å². The highest BCUT2D eigenvalue weighted by atomic mass is 16.3. The zero-order chi connectivity index (χ0) is 36.9. The van der Waals surface area contributed by atoms with E-state index < -0.39 is 0 Å². The molecule has 0 N–H and O–H groups in total. The summed E-state index contributed by atoms with van der Waals surface area (Å²) in [6.07, 6.45) is 0. The van der Waals surface area contributed by atoms with Crippen molar-refractivity contribution in [1.29, 1.82) is 0 Å². The van der Waals surface area contributed by atoms with Crippen LogP contribution in [0.25, 0.3) is 44.2 Å². The Bertz CT molecular complexity index is 2840. The number of benzene rings is 8. The topological polar surface area (TPSA) is 16.4 Å². The van der Waals surface area contributed by atoms with Gasteiger partial charge in [0.25, 0.3) is 0 Å². The fourth-order valence-corrected chi connectivity index (χ4v) is 8.69. The maximum atomic E-state index is 6.48. The molecule has 0 fully saturated rings. The van der Waals surface area contributed by atoms with Gasteiger partial charge in [0.05, 0.1) is 5.69 Å². The molecule has 1 aliphatic rings. The van der Waals surface area contributed by atoms with Crippen molar-refractivity contribution in [3.8, 4) is 11.1 Å². The number of rotatable bonds is 6. The summed E-state index contributed by atoms with van der Waals surface area (Å²) in [6, 6.07) is 72.1. The summed E-state index contributed by atoms with van der Waals surface area (Å²) in [5, 5.41) is 2.24. The summed E-state index contributed by atoms with van der Waals surface area (Å²) in [7, 11) is 0. The van der Waals surface area contributed by atoms with Crippen LogP contribution in [0, 0.1) is 0 Å². The van der Waals surface area contributed by atoms with Gasteiger partial charge in [-0.2, -0.15) is 0 Å². The molecule has 1 aliphatic carbocycles. The van der Waals surface area contributed by atoms with Gasteiger partial charge >= 0.3 is 0 Å². The maximum Gasteiger partial charge on any atom is 0.137 e. The number of hydrogen-bond acceptors (Lipinski definition) is 2. The number of para-hydroxylation sites is 2. The van der Waals surface area contributed by atoms with E-state index in [-0.39, 0.29) is 5.41 Å². The fourth-order valence-electron chi connectivity index (χ4n) is 8.69. The van der Waals surface area contributed by atoms with Crippen molar-refractivity contribution >= 4 is 50.1 Å². The lowest BCUT2D eigenvalue weighted by molar-refractivity contribution is 0.630. The molecule has 0 unspecified atom stereocenters. The van der Waals surface area contributed by atoms with Crippen LogP contribution in [0.1, 0.15) is 47.2 Å². The number of anilines is 3. The Morgan fingerprint density at radius 1 is 0.436 bits per heavy atom. The highest BCUT2D eigenvalue weighted by molar-refractivity contribution is 6.08. The van der Waals surface area contributed by atoms with Gasteiger partial charge in [0.15, 0.2) is 0 Å². The SMILES string of the molecule is CC1(C)c2ccccc2C(=C(c2ccccc2)c2ccccc2)c2ccc(N(c3ccc4c(c3)oc3ccccc34)c3ccccc3-c3ccccc3)cc21. The molecule has 0 saturated carbocycles. The van der Waals surface area contributed by atoms with Crippen LogP contribution >= 0.6 is 0 Å². The summed E-state index contributed by atoms with van der Waals surface area (Å²) in [5.41, 5.74) is 17.1. The number of fused-ring (bicyclic) bond motifs is 5. The molecule has 0 amide bonds. The van der Waals surface area contributed by atoms with Gasteiger partial charge in [0.1, 0.15) is 11.2 Å². The Morgan fingerprint density at radius 3 is 1.73 bits per heavy atom. The van der Waals surface area contributed by atoms with Crippen LogP contribution < -0.4 is 4.90 Å². The van der Waals surface area contributed by atoms with Gasteiger partial charge in [0, 0.05) is 39.2 Å². The van der Waals surface area contributed by atoms with E-state index in [2.05, 4.69) is 207 Å². The van der Waals surface area contributed by atoms with Crippen molar-refractivity contribution in [2.75, 3.05) is 4.90 Å². The van der Waals surface area contributed by atoms with E-state index in [1.807, 2.05) is 12.1 Å². The third-order valence-electron chi connectivity index (χ3n) is 11.3. The van der Waals surface area contributed by atoms with Crippen molar-refractivity contribution in [1.82, 2.24) is 0 Å². The van der Waals surface area contributed by atoms with E-state index in [1.54, 1.807) is 0 Å². The first-order chi connectivity index (χ1) is 27.1. The first-order valence-electron chi connectivity index (χ1n) is 19.0. The molecule has 55 heavy (non-hydrogen) atoms. The second kappa shape index (κ2) is 13.2. The van der Waals surface area contributed by atoms with Gasteiger partial charge < -0.3 is 9.32 Å². The van der Waals surface area contributed by atoms with Gasteiger partial charge in [-0.25, -0.2) is 0 Å². The molecule has 0 aliphatic heterocycles. The largest absolute Gasteiger partial charge is 0.456 e. The average Bonchev–Trinajstić information content (AvgIpc) is 3.62. The second-order valence-corrected chi connectivity index (χ2v) is 14.9. The van der Waals surface area contributed by atoms with E-state index in [0.717, 1.165) is 44.6 Å². The smallest absolute Gasteiger partial charge is 0.137 e. The Balaban J connectivity index is 1.26. The minimum Gasteiger partial charge on any atom is -0.456 e. The number of nitrogens with zero attached hydrogens (tertiary/aromatic N) is 1. The lowest BCUT2D eigenvalue weighted by atomic mass is 9.65. The summed E-state index contributed by atoms with van der Waals surface area (Å²) in [5.74, 6) is 0. The molecule has 262 valence electrons. The fraction of sp³-hybridized carbons (Fsp3) is 0.0566. The molecule has 0 spiro atoms. The van der Waals surface area contributed by atoms with Crippen LogP contribution in [0.4, 0.5) is 17.1 Å². The molecule has 10 rings (SSSR count). The predicted octanol–water partition coefficient (Wildman–Crippen LogP) is 14.4. The van der Waals surface area contributed by atoms with Crippen LogP contribution in [0.3, 0.4) is 0 Å². The van der Waals surface area contributed by atoms with Crippen molar-refractivity contribution < 1.29 is 4.42 Å². The zero-order valence-corrected chi connectivity index (χ0v) is 30.9. The lowest BCUT2D eigenvalue weighted by Crippen LogP contribution is -2.27. The highest BCUT2D eigenvalue weighted by Crippen LogP contribution is 2.52. The van der Waals surface area contributed by atoms with Crippen LogP contribution in [-0.4, -0.2) is 0 Å². The van der Waals surface area contributed by atoms with Gasteiger partial charge in [-0.15, -0.1) is 0 Å². The minimum absolute atomic E-state index is 0.281. The third kappa shape index (κ3) is 5.49. The average molecular weight is 706 g/mol. The van der Waals surface area contributed by atoms with E-state index in [9.17, 15) is 0 Å². The maximum absolute atomic E-state index is 6.48. The molecular formula is C53H39NO. The predicted molar refractivity (Wildman–Crippen MR) is 230 cm³/mol. The second-order valence-electron chi connectivity index (χ2n) is 14.9. The third-order valence-corrected chi connectivity index (χ3v) is 11.3. The van der Waals surface area contributed by atoms with Crippen molar-refractivity contribution in [2.45, 2.75) is 19.3 Å². The van der Waals surface area contributed by atoms with Gasteiger partial charge in [-0.05, 0) is 86.5 Å². The van der Waals surface area contributed by atoms with Crippen LogP contribution in [0.2, 0.25) is 0 Å². The molecule has 1 heterocycles. The molecule has 2 nitrogen and oxygen atoms in total. The summed E-state index contributed by atoms with van der Waals surface area (Å²) in [4.78, 5) is 2.41. The quantitative estimate of drug-likeness (QED) is 0.171. The molecule has 0 saturated heterocycles. The van der Waals surface area contributed by atoms with Crippen LogP contribution in [0.15, 0.2) is 205 Å². The number of furan rings is 1. The van der Waals surface area contributed by atoms with Crippen molar-refractivity contribution in [3.63, 3.8) is 0 Å². The molecule has 9 aromatic rings. The standard InChI is InChI=1S/C53H39NO/c1-53(2)46-27-15-12-26-44(46)52(51(37-20-8-4-9-21-37)38-22-10-5-11-23-38)45-33-31-39(34-47(45)53)54(48-28-16-13-24-41(48)36-18-6-3-7-19-36)40-30-32-43-42-25-14-17-29-49(42)55-50(43)35-40/h3-35H,1-2H3. The van der Waals surface area contributed by atoms with E-state index in [0.29, 0.717) is 0 Å². The molecule has 0 bridgehead atoms. The summed E-state index contributed by atoms with van der Waals surface area (Å²) < 4.78 is 6.48. The lowest BCUT2D eigenvalue weighted by Gasteiger charge is -2.39. The van der Waals surface area contributed by atoms with Gasteiger partial charge in [-0.1, -0.05) is 172 Å². The Hall–Kier alpha value is -6.90. The Labute approximate surface area is 322 Å². The Morgan fingerprint density at radius 2 is 0.982 bits per heavy atom. The molecule has 0 radical (unpaired) electrons. The molecule has 8 aromatic carbocycles. The highest BCUT2D eigenvalue weighted by Gasteiger charge is 2.37. The van der Waals surface area contributed by atoms with Crippen LogP contribution in [0.5, 0.6) is 0 Å². The summed E-state index contributed by atoms with van der Waals surface area (Å²) in [6.45, 7) is 4.75. The number of hydrogen-bond donors (Lipinski definition) is 0. The van der Waals surface area contributed by atoms with E-state index in [1.165, 1.54) is 50.1 Å². The molecule has 2 heteroatoms. The zero-order valence-electron chi connectivity index (χ0n) is 30.9. The summed E-state index contributed by atoms with van der Waals surface area (Å²) >= 11 is 0. The molecule has 0 atom stereocenters. The monoisotopic (exact) mass is 705 g/mol. The normalized spacial score (nSPS) is 13.0. The Kier molecular flexibility index (Phi) is 7.85. The molecule has 1 aromatic heterocycles. The first-order valence-corrected chi connectivity index (χ1v) is 19.0. The molecular weight excluding hydrogens is 667 g/mol. The van der Waals surface area contributed by atoms with E-state index in [4.69, 9.17) is 4.42 Å². The van der Waals surface area contributed by atoms with Crippen molar-refractivity contribution in [2.24, 2.45) is 0 Å². The first kappa shape index (κ1) is 32.7. The van der Waals surface area contributed by atoms with E-state index >= 15 is 0 Å². The van der Waals surface area contributed by atoms with Gasteiger partial charge in [0.2, 0.25) is 0 Å².